The molecular weight excluding hydrogens is 222 g/mol. The first-order valence-electron chi connectivity index (χ1n) is 7.05. The van der Waals surface area contributed by atoms with Gasteiger partial charge in [-0.05, 0) is 81.3 Å². The number of piperidine rings is 1. The molecule has 1 aliphatic heterocycles. The molecule has 2 rings (SSSR count). The van der Waals surface area contributed by atoms with Gasteiger partial charge in [-0.1, -0.05) is 6.07 Å². The largest absolute Gasteiger partial charge is 0.496 e. The van der Waals surface area contributed by atoms with Crippen molar-refractivity contribution in [1.82, 2.24) is 5.32 Å². The van der Waals surface area contributed by atoms with Gasteiger partial charge in [0.05, 0.1) is 7.11 Å². The van der Waals surface area contributed by atoms with Crippen LogP contribution in [0.25, 0.3) is 0 Å². The Morgan fingerprint density at radius 1 is 1.22 bits per heavy atom. The maximum Gasteiger partial charge on any atom is 0.122 e. The molecule has 0 aromatic heterocycles. The Hall–Kier alpha value is -1.02. The summed E-state index contributed by atoms with van der Waals surface area (Å²) in [5, 5.41) is 3.43. The number of hydrogen-bond acceptors (Lipinski definition) is 2. The van der Waals surface area contributed by atoms with E-state index in [1.807, 2.05) is 0 Å². The summed E-state index contributed by atoms with van der Waals surface area (Å²) in [6, 6.07) is 4.42. The molecule has 0 unspecified atom stereocenters. The molecule has 0 radical (unpaired) electrons. The second-order valence-electron chi connectivity index (χ2n) is 5.49. The molecular formula is C16H25NO. The van der Waals surface area contributed by atoms with Crippen LogP contribution in [0.15, 0.2) is 12.1 Å². The minimum absolute atomic E-state index is 0.886. The van der Waals surface area contributed by atoms with Gasteiger partial charge >= 0.3 is 0 Å². The normalized spacial score (nSPS) is 16.8. The van der Waals surface area contributed by atoms with E-state index in [0.717, 1.165) is 18.1 Å². The van der Waals surface area contributed by atoms with Gasteiger partial charge < -0.3 is 10.1 Å². The van der Waals surface area contributed by atoms with Crippen LogP contribution in [0.1, 0.15) is 36.0 Å². The van der Waals surface area contributed by atoms with E-state index in [1.54, 1.807) is 7.11 Å². The molecule has 1 saturated heterocycles. The van der Waals surface area contributed by atoms with Crippen molar-refractivity contribution in [3.63, 3.8) is 0 Å². The molecule has 1 fully saturated rings. The SMILES string of the molecule is COc1cc(C)cc(C)c1CCC1CCNCC1. The molecule has 0 bridgehead atoms. The molecule has 1 heterocycles. The average molecular weight is 247 g/mol. The maximum absolute atomic E-state index is 5.53. The van der Waals surface area contributed by atoms with Crippen molar-refractivity contribution in [3.05, 3.63) is 28.8 Å². The Morgan fingerprint density at radius 2 is 1.94 bits per heavy atom. The quantitative estimate of drug-likeness (QED) is 0.882. The van der Waals surface area contributed by atoms with Crippen LogP contribution in [0.4, 0.5) is 0 Å². The zero-order valence-corrected chi connectivity index (χ0v) is 11.9. The summed E-state index contributed by atoms with van der Waals surface area (Å²) in [7, 11) is 1.78. The van der Waals surface area contributed by atoms with Gasteiger partial charge in [0.1, 0.15) is 5.75 Å². The van der Waals surface area contributed by atoms with Gasteiger partial charge in [0.25, 0.3) is 0 Å². The first-order valence-corrected chi connectivity index (χ1v) is 7.05. The van der Waals surface area contributed by atoms with Crippen molar-refractivity contribution in [3.8, 4) is 5.75 Å². The Bertz CT molecular complexity index is 394. The lowest BCUT2D eigenvalue weighted by Crippen LogP contribution is -2.27. The number of aryl methyl sites for hydroxylation is 2. The van der Waals surface area contributed by atoms with E-state index < -0.39 is 0 Å². The van der Waals surface area contributed by atoms with Gasteiger partial charge in [-0.15, -0.1) is 0 Å². The summed E-state index contributed by atoms with van der Waals surface area (Å²) in [6.07, 6.45) is 5.10. The average Bonchev–Trinajstić information content (AvgIpc) is 2.38. The molecule has 1 aliphatic rings. The molecule has 0 saturated carbocycles. The number of rotatable bonds is 4. The third kappa shape index (κ3) is 3.26. The van der Waals surface area contributed by atoms with E-state index >= 15 is 0 Å². The van der Waals surface area contributed by atoms with Crippen LogP contribution in [0.2, 0.25) is 0 Å². The van der Waals surface area contributed by atoms with Crippen molar-refractivity contribution in [1.29, 1.82) is 0 Å². The molecule has 18 heavy (non-hydrogen) atoms. The first-order chi connectivity index (χ1) is 8.70. The minimum atomic E-state index is 0.886. The molecule has 0 spiro atoms. The lowest BCUT2D eigenvalue weighted by atomic mass is 9.89. The fraction of sp³-hybridized carbons (Fsp3) is 0.625. The van der Waals surface area contributed by atoms with Gasteiger partial charge in [0, 0.05) is 0 Å². The number of hydrogen-bond donors (Lipinski definition) is 1. The van der Waals surface area contributed by atoms with Crippen molar-refractivity contribution in [2.45, 2.75) is 39.5 Å². The Kier molecular flexibility index (Phi) is 4.65. The highest BCUT2D eigenvalue weighted by atomic mass is 16.5. The second-order valence-corrected chi connectivity index (χ2v) is 5.49. The molecule has 2 nitrogen and oxygen atoms in total. The highest BCUT2D eigenvalue weighted by Gasteiger charge is 2.15. The monoisotopic (exact) mass is 247 g/mol. The first kappa shape index (κ1) is 13.4. The van der Waals surface area contributed by atoms with E-state index in [0.29, 0.717) is 0 Å². The molecule has 2 heteroatoms. The maximum atomic E-state index is 5.53. The van der Waals surface area contributed by atoms with Crippen molar-refractivity contribution in [2.24, 2.45) is 5.92 Å². The molecule has 0 atom stereocenters. The van der Waals surface area contributed by atoms with E-state index in [2.05, 4.69) is 31.3 Å². The van der Waals surface area contributed by atoms with E-state index in [4.69, 9.17) is 4.74 Å². The van der Waals surface area contributed by atoms with Gasteiger partial charge in [0.2, 0.25) is 0 Å². The van der Waals surface area contributed by atoms with E-state index in [1.165, 1.54) is 49.0 Å². The smallest absolute Gasteiger partial charge is 0.122 e. The van der Waals surface area contributed by atoms with Gasteiger partial charge in [-0.3, -0.25) is 0 Å². The molecule has 0 amide bonds. The van der Waals surface area contributed by atoms with Crippen LogP contribution in [0.3, 0.4) is 0 Å². The summed E-state index contributed by atoms with van der Waals surface area (Å²) < 4.78 is 5.53. The van der Waals surface area contributed by atoms with E-state index in [-0.39, 0.29) is 0 Å². The number of ether oxygens (including phenoxy) is 1. The number of nitrogens with one attached hydrogen (secondary N) is 1. The summed E-state index contributed by atoms with van der Waals surface area (Å²) in [6.45, 7) is 6.71. The fourth-order valence-corrected chi connectivity index (χ4v) is 2.98. The number of benzene rings is 1. The lowest BCUT2D eigenvalue weighted by molar-refractivity contribution is 0.350. The molecule has 100 valence electrons. The van der Waals surface area contributed by atoms with Crippen LogP contribution in [0, 0.1) is 19.8 Å². The molecule has 1 aromatic carbocycles. The van der Waals surface area contributed by atoms with Crippen molar-refractivity contribution < 1.29 is 4.74 Å². The molecule has 1 N–H and O–H groups in total. The predicted molar refractivity (Wildman–Crippen MR) is 76.4 cm³/mol. The summed E-state index contributed by atoms with van der Waals surface area (Å²) in [5.74, 6) is 1.96. The van der Waals surface area contributed by atoms with Crippen LogP contribution < -0.4 is 10.1 Å². The molecule has 0 aliphatic carbocycles. The Morgan fingerprint density at radius 3 is 2.61 bits per heavy atom. The topological polar surface area (TPSA) is 21.3 Å². The highest BCUT2D eigenvalue weighted by molar-refractivity contribution is 5.43. The lowest BCUT2D eigenvalue weighted by Gasteiger charge is -2.23. The van der Waals surface area contributed by atoms with Gasteiger partial charge in [-0.2, -0.15) is 0 Å². The van der Waals surface area contributed by atoms with Gasteiger partial charge in [-0.25, -0.2) is 0 Å². The summed E-state index contributed by atoms with van der Waals surface area (Å²) >= 11 is 0. The second kappa shape index (κ2) is 6.24. The number of methoxy groups -OCH3 is 1. The standard InChI is InChI=1S/C16H25NO/c1-12-10-13(2)15(16(11-12)18-3)5-4-14-6-8-17-9-7-14/h10-11,14,17H,4-9H2,1-3H3. The zero-order valence-electron chi connectivity index (χ0n) is 11.9. The van der Waals surface area contributed by atoms with Crippen LogP contribution in [0.5, 0.6) is 5.75 Å². The van der Waals surface area contributed by atoms with E-state index in [9.17, 15) is 0 Å². The van der Waals surface area contributed by atoms with Crippen molar-refractivity contribution in [2.75, 3.05) is 20.2 Å². The van der Waals surface area contributed by atoms with Crippen LogP contribution >= 0.6 is 0 Å². The third-order valence-corrected chi connectivity index (χ3v) is 4.06. The predicted octanol–water partition coefficient (Wildman–Crippen LogP) is 3.24. The Labute approximate surface area is 111 Å². The Balaban J connectivity index is 2.03. The zero-order chi connectivity index (χ0) is 13.0. The fourth-order valence-electron chi connectivity index (χ4n) is 2.98. The minimum Gasteiger partial charge on any atom is -0.496 e. The highest BCUT2D eigenvalue weighted by Crippen LogP contribution is 2.28. The summed E-state index contributed by atoms with van der Waals surface area (Å²) in [4.78, 5) is 0. The van der Waals surface area contributed by atoms with Gasteiger partial charge in [0.15, 0.2) is 0 Å². The van der Waals surface area contributed by atoms with Crippen LogP contribution in [-0.2, 0) is 6.42 Å². The third-order valence-electron chi connectivity index (χ3n) is 4.06. The van der Waals surface area contributed by atoms with Crippen molar-refractivity contribution >= 4 is 0 Å². The molecule has 1 aromatic rings. The summed E-state index contributed by atoms with van der Waals surface area (Å²) in [5.41, 5.74) is 4.07. The van der Waals surface area contributed by atoms with Crippen LogP contribution in [-0.4, -0.2) is 20.2 Å².